The molecule has 374 valence electrons. The molecule has 6 nitrogen and oxygen atoms in total. The lowest BCUT2D eigenvalue weighted by atomic mass is 10.1. The molecule has 0 aliphatic carbocycles. The maximum absolute atomic E-state index is 12.8. The van der Waals surface area contributed by atoms with Gasteiger partial charge in [0.15, 0.2) is 6.10 Å². The monoisotopic (exact) mass is 915 g/mol. The van der Waals surface area contributed by atoms with Crippen LogP contribution in [0.4, 0.5) is 0 Å². The summed E-state index contributed by atoms with van der Waals surface area (Å²) < 4.78 is 16.8. The van der Waals surface area contributed by atoms with E-state index in [2.05, 4.69) is 130 Å². The van der Waals surface area contributed by atoms with Gasteiger partial charge in [0, 0.05) is 19.3 Å². The summed E-state index contributed by atoms with van der Waals surface area (Å²) in [6, 6.07) is 0. The standard InChI is InChI=1S/C60H98O6/c1-4-7-10-13-16-19-22-25-28-30-32-35-38-41-44-47-50-53-59(62)65-56-57(55-64-58(61)52-49-46-43-40-37-34-27-24-21-18-15-12-9-6-3)66-60(63)54-51-48-45-42-39-36-33-31-29-26-23-20-17-14-11-8-5-2/h7-8,10-11,15-20,24-29,32,35,57H,4-6,9,12-14,21-23,30-31,33-34,36-56H2,1-3H3/b10-7-,11-8-,18-15-,19-16-,20-17-,27-24-,28-25-,29-26-,35-32-. The second-order valence-electron chi connectivity index (χ2n) is 17.4. The smallest absolute Gasteiger partial charge is 0.306 e. The zero-order chi connectivity index (χ0) is 47.9. The summed E-state index contributed by atoms with van der Waals surface area (Å²) in [7, 11) is 0. The highest BCUT2D eigenvalue weighted by molar-refractivity contribution is 5.71. The van der Waals surface area contributed by atoms with Crippen LogP contribution in [0.1, 0.15) is 233 Å². The highest BCUT2D eigenvalue weighted by Gasteiger charge is 2.19. The van der Waals surface area contributed by atoms with E-state index in [1.807, 2.05) is 0 Å². The lowest BCUT2D eigenvalue weighted by Crippen LogP contribution is -2.30. The Bertz CT molecular complexity index is 1370. The normalized spacial score (nSPS) is 13.0. The molecule has 0 N–H and O–H groups in total. The van der Waals surface area contributed by atoms with Crippen molar-refractivity contribution in [2.24, 2.45) is 0 Å². The number of rotatable bonds is 47. The quantitative estimate of drug-likeness (QED) is 0.0262. The van der Waals surface area contributed by atoms with Crippen molar-refractivity contribution in [3.63, 3.8) is 0 Å². The van der Waals surface area contributed by atoms with Gasteiger partial charge in [0.25, 0.3) is 0 Å². The van der Waals surface area contributed by atoms with Crippen molar-refractivity contribution in [1.82, 2.24) is 0 Å². The first-order valence-corrected chi connectivity index (χ1v) is 26.9. The second-order valence-corrected chi connectivity index (χ2v) is 17.4. The Morgan fingerprint density at radius 1 is 0.318 bits per heavy atom. The van der Waals surface area contributed by atoms with E-state index in [0.29, 0.717) is 19.3 Å². The molecule has 0 radical (unpaired) electrons. The molecule has 1 atom stereocenters. The molecule has 0 amide bonds. The molecule has 0 fully saturated rings. The summed E-state index contributed by atoms with van der Waals surface area (Å²) >= 11 is 0. The van der Waals surface area contributed by atoms with Crippen molar-refractivity contribution in [3.8, 4) is 0 Å². The first-order valence-electron chi connectivity index (χ1n) is 26.9. The third-order valence-electron chi connectivity index (χ3n) is 11.0. The lowest BCUT2D eigenvalue weighted by molar-refractivity contribution is -0.167. The van der Waals surface area contributed by atoms with Crippen LogP contribution in [0, 0.1) is 0 Å². The van der Waals surface area contributed by atoms with E-state index >= 15 is 0 Å². The van der Waals surface area contributed by atoms with E-state index in [9.17, 15) is 14.4 Å². The van der Waals surface area contributed by atoms with Crippen molar-refractivity contribution >= 4 is 17.9 Å². The molecule has 0 rings (SSSR count). The minimum atomic E-state index is -0.802. The number of unbranched alkanes of at least 4 members (excludes halogenated alkanes) is 18. The second kappa shape index (κ2) is 53.7. The molecule has 0 aliphatic rings. The van der Waals surface area contributed by atoms with Crippen LogP contribution in [0.25, 0.3) is 0 Å². The van der Waals surface area contributed by atoms with Crippen LogP contribution < -0.4 is 0 Å². The van der Waals surface area contributed by atoms with Crippen molar-refractivity contribution in [3.05, 3.63) is 109 Å². The minimum absolute atomic E-state index is 0.0994. The number of esters is 3. The fourth-order valence-corrected chi connectivity index (χ4v) is 6.99. The topological polar surface area (TPSA) is 78.9 Å². The van der Waals surface area contributed by atoms with Crippen molar-refractivity contribution < 1.29 is 28.6 Å². The molecular formula is C60H98O6. The van der Waals surface area contributed by atoms with E-state index in [4.69, 9.17) is 14.2 Å². The van der Waals surface area contributed by atoms with Crippen LogP contribution in [0.2, 0.25) is 0 Å². The van der Waals surface area contributed by atoms with Gasteiger partial charge in [0.1, 0.15) is 13.2 Å². The Labute approximate surface area is 406 Å². The Morgan fingerprint density at radius 3 is 0.924 bits per heavy atom. The van der Waals surface area contributed by atoms with Gasteiger partial charge in [-0.2, -0.15) is 0 Å². The van der Waals surface area contributed by atoms with Crippen molar-refractivity contribution in [2.45, 2.75) is 239 Å². The van der Waals surface area contributed by atoms with Gasteiger partial charge in [-0.15, -0.1) is 0 Å². The average Bonchev–Trinajstić information content (AvgIpc) is 3.31. The van der Waals surface area contributed by atoms with E-state index in [-0.39, 0.29) is 31.1 Å². The molecule has 0 bridgehead atoms. The third kappa shape index (κ3) is 51.1. The summed E-state index contributed by atoms with van der Waals surface area (Å²) in [5.41, 5.74) is 0. The largest absolute Gasteiger partial charge is 0.462 e. The molecular weight excluding hydrogens is 817 g/mol. The average molecular weight is 915 g/mol. The SMILES string of the molecule is CC/C=C\C/C=C\C/C=C\C/C=C\CCCCCCC(=O)OCC(COC(=O)CCCCCCC/C=C\C/C=C\CCCC)OC(=O)CCCCCCCCC/C=C\C/C=C\C/C=C\CC. The van der Waals surface area contributed by atoms with Crippen LogP contribution in [0.15, 0.2) is 109 Å². The highest BCUT2D eigenvalue weighted by atomic mass is 16.6. The Morgan fingerprint density at radius 2 is 0.591 bits per heavy atom. The molecule has 0 heterocycles. The highest BCUT2D eigenvalue weighted by Crippen LogP contribution is 2.14. The summed E-state index contributed by atoms with van der Waals surface area (Å²) in [5, 5.41) is 0. The molecule has 0 aliphatic heterocycles. The molecule has 0 saturated carbocycles. The molecule has 1 unspecified atom stereocenters. The van der Waals surface area contributed by atoms with Gasteiger partial charge in [-0.05, 0) is 116 Å². The van der Waals surface area contributed by atoms with E-state index in [1.54, 1.807) is 0 Å². The summed E-state index contributed by atoms with van der Waals surface area (Å²) in [6.45, 7) is 6.33. The third-order valence-corrected chi connectivity index (χ3v) is 11.0. The molecule has 66 heavy (non-hydrogen) atoms. The Hall–Kier alpha value is -3.93. The predicted octanol–water partition coefficient (Wildman–Crippen LogP) is 17.9. The van der Waals surface area contributed by atoms with Crippen molar-refractivity contribution in [1.29, 1.82) is 0 Å². The van der Waals surface area contributed by atoms with E-state index < -0.39 is 6.10 Å². The molecule has 0 aromatic carbocycles. The van der Waals surface area contributed by atoms with Crippen molar-refractivity contribution in [2.75, 3.05) is 13.2 Å². The number of carbonyl (C=O) groups excluding carboxylic acids is 3. The first-order chi connectivity index (χ1) is 32.5. The molecule has 0 saturated heterocycles. The zero-order valence-electron chi connectivity index (χ0n) is 42.7. The number of ether oxygens (including phenoxy) is 3. The fraction of sp³-hybridized carbons (Fsp3) is 0.650. The molecule has 6 heteroatoms. The van der Waals surface area contributed by atoms with E-state index in [0.717, 1.165) is 148 Å². The van der Waals surface area contributed by atoms with Crippen LogP contribution in [-0.2, 0) is 28.6 Å². The van der Waals surface area contributed by atoms with Crippen LogP contribution in [0.3, 0.4) is 0 Å². The van der Waals surface area contributed by atoms with Crippen LogP contribution in [-0.4, -0.2) is 37.2 Å². The zero-order valence-corrected chi connectivity index (χ0v) is 42.7. The molecule has 0 aromatic rings. The first kappa shape index (κ1) is 62.1. The van der Waals surface area contributed by atoms with Gasteiger partial charge in [-0.3, -0.25) is 14.4 Å². The maximum atomic E-state index is 12.8. The molecule has 0 aromatic heterocycles. The summed E-state index contributed by atoms with van der Waals surface area (Å²) in [4.78, 5) is 38.1. The van der Waals surface area contributed by atoms with Gasteiger partial charge in [0.2, 0.25) is 0 Å². The van der Waals surface area contributed by atoms with Gasteiger partial charge in [0.05, 0.1) is 0 Å². The Kier molecular flexibility index (Phi) is 50.5. The number of hydrogen-bond donors (Lipinski definition) is 0. The maximum Gasteiger partial charge on any atom is 0.306 e. The lowest BCUT2D eigenvalue weighted by Gasteiger charge is -2.18. The summed E-state index contributed by atoms with van der Waals surface area (Å²) in [5.74, 6) is -0.949. The fourth-order valence-electron chi connectivity index (χ4n) is 6.99. The van der Waals surface area contributed by atoms with Crippen LogP contribution >= 0.6 is 0 Å². The van der Waals surface area contributed by atoms with E-state index in [1.165, 1.54) is 44.9 Å². The van der Waals surface area contributed by atoms with Gasteiger partial charge in [-0.1, -0.05) is 207 Å². The minimum Gasteiger partial charge on any atom is -0.462 e. The van der Waals surface area contributed by atoms with Gasteiger partial charge >= 0.3 is 17.9 Å². The number of hydrogen-bond acceptors (Lipinski definition) is 6. The molecule has 0 spiro atoms. The Balaban J connectivity index is 4.48. The number of carbonyl (C=O) groups is 3. The summed E-state index contributed by atoms with van der Waals surface area (Å²) in [6.07, 6.45) is 72.1. The van der Waals surface area contributed by atoms with Gasteiger partial charge in [-0.25, -0.2) is 0 Å². The predicted molar refractivity (Wildman–Crippen MR) is 283 cm³/mol. The van der Waals surface area contributed by atoms with Crippen LogP contribution in [0.5, 0.6) is 0 Å². The number of allylic oxidation sites excluding steroid dienone is 18. The van der Waals surface area contributed by atoms with Gasteiger partial charge < -0.3 is 14.2 Å².